The zero-order valence-corrected chi connectivity index (χ0v) is 14.1. The fourth-order valence-corrected chi connectivity index (χ4v) is 2.15. The van der Waals surface area contributed by atoms with Crippen LogP contribution in [0.15, 0.2) is 40.9 Å². The molecule has 5 nitrogen and oxygen atoms in total. The van der Waals surface area contributed by atoms with Gasteiger partial charge in [-0.3, -0.25) is 5.32 Å². The van der Waals surface area contributed by atoms with E-state index in [-0.39, 0.29) is 11.4 Å². The Hall–Kier alpha value is -2.30. The molecule has 2 aromatic rings. The SMILES string of the molecule is CC(C)(C)c1cc(NC(=O)NCCCCc2ccccc2)no1. The number of unbranched alkanes of at least 4 members (excludes halogenated alkanes) is 1. The van der Waals surface area contributed by atoms with Crippen LogP contribution >= 0.6 is 0 Å². The van der Waals surface area contributed by atoms with Gasteiger partial charge in [-0.1, -0.05) is 56.3 Å². The van der Waals surface area contributed by atoms with Crippen molar-refractivity contribution in [3.8, 4) is 0 Å². The van der Waals surface area contributed by atoms with Crippen LogP contribution in [0.4, 0.5) is 10.6 Å². The van der Waals surface area contributed by atoms with Crippen LogP contribution in [0, 0.1) is 0 Å². The molecule has 1 aromatic heterocycles. The Morgan fingerprint density at radius 2 is 1.91 bits per heavy atom. The maximum Gasteiger partial charge on any atom is 0.320 e. The van der Waals surface area contributed by atoms with Gasteiger partial charge in [0, 0.05) is 18.0 Å². The van der Waals surface area contributed by atoms with Gasteiger partial charge in [-0.15, -0.1) is 0 Å². The Labute approximate surface area is 137 Å². The van der Waals surface area contributed by atoms with Gasteiger partial charge in [0.2, 0.25) is 0 Å². The molecule has 0 aliphatic heterocycles. The van der Waals surface area contributed by atoms with Crippen LogP contribution in [0.1, 0.15) is 44.9 Å². The number of amides is 2. The van der Waals surface area contributed by atoms with E-state index in [1.807, 2.05) is 39.0 Å². The summed E-state index contributed by atoms with van der Waals surface area (Å²) in [4.78, 5) is 11.8. The normalized spacial score (nSPS) is 11.3. The van der Waals surface area contributed by atoms with Gasteiger partial charge >= 0.3 is 6.03 Å². The average molecular weight is 315 g/mol. The molecule has 0 aliphatic carbocycles. The van der Waals surface area contributed by atoms with E-state index >= 15 is 0 Å². The number of hydrogen-bond acceptors (Lipinski definition) is 3. The minimum atomic E-state index is -0.251. The molecule has 1 heterocycles. The number of urea groups is 1. The van der Waals surface area contributed by atoms with Crippen LogP contribution in [0.3, 0.4) is 0 Å². The number of hydrogen-bond donors (Lipinski definition) is 2. The molecule has 0 radical (unpaired) electrons. The smallest absolute Gasteiger partial charge is 0.320 e. The first kappa shape index (κ1) is 17.1. The molecule has 0 saturated heterocycles. The van der Waals surface area contributed by atoms with E-state index in [9.17, 15) is 4.79 Å². The van der Waals surface area contributed by atoms with E-state index < -0.39 is 0 Å². The molecule has 2 rings (SSSR count). The van der Waals surface area contributed by atoms with E-state index in [1.165, 1.54) is 5.56 Å². The number of aryl methyl sites for hydroxylation is 1. The molecule has 124 valence electrons. The first-order valence-corrected chi connectivity index (χ1v) is 8.01. The highest BCUT2D eigenvalue weighted by atomic mass is 16.5. The number of benzene rings is 1. The summed E-state index contributed by atoms with van der Waals surface area (Å²) in [6.45, 7) is 6.74. The second-order valence-electron chi connectivity index (χ2n) is 6.65. The van der Waals surface area contributed by atoms with Crippen LogP contribution in [0.5, 0.6) is 0 Å². The van der Waals surface area contributed by atoms with Crippen LogP contribution in [-0.4, -0.2) is 17.7 Å². The summed E-state index contributed by atoms with van der Waals surface area (Å²) < 4.78 is 5.23. The van der Waals surface area contributed by atoms with Crippen molar-refractivity contribution in [1.82, 2.24) is 10.5 Å². The zero-order chi connectivity index (χ0) is 16.7. The maximum atomic E-state index is 11.8. The van der Waals surface area contributed by atoms with E-state index in [1.54, 1.807) is 6.07 Å². The minimum absolute atomic E-state index is 0.124. The van der Waals surface area contributed by atoms with Gasteiger partial charge in [-0.25, -0.2) is 4.79 Å². The predicted octanol–water partition coefficient (Wildman–Crippen LogP) is 4.12. The quantitative estimate of drug-likeness (QED) is 0.788. The Morgan fingerprint density at radius 3 is 2.57 bits per heavy atom. The molecule has 0 unspecified atom stereocenters. The number of nitrogens with zero attached hydrogens (tertiary/aromatic N) is 1. The van der Waals surface area contributed by atoms with Crippen LogP contribution < -0.4 is 10.6 Å². The van der Waals surface area contributed by atoms with Crippen molar-refractivity contribution in [1.29, 1.82) is 0 Å². The monoisotopic (exact) mass is 315 g/mol. The van der Waals surface area contributed by atoms with Crippen LogP contribution in [0.2, 0.25) is 0 Å². The van der Waals surface area contributed by atoms with Gasteiger partial charge in [0.15, 0.2) is 5.82 Å². The molecular formula is C18H25N3O2. The molecule has 23 heavy (non-hydrogen) atoms. The van der Waals surface area contributed by atoms with Gasteiger partial charge in [-0.05, 0) is 24.8 Å². The topological polar surface area (TPSA) is 67.2 Å². The Morgan fingerprint density at radius 1 is 1.17 bits per heavy atom. The predicted molar refractivity (Wildman–Crippen MR) is 91.6 cm³/mol. The van der Waals surface area contributed by atoms with Crippen LogP contribution in [-0.2, 0) is 11.8 Å². The lowest BCUT2D eigenvalue weighted by molar-refractivity contribution is 0.251. The second kappa shape index (κ2) is 7.81. The van der Waals surface area contributed by atoms with Crippen molar-refractivity contribution in [3.63, 3.8) is 0 Å². The molecule has 0 fully saturated rings. The number of nitrogens with one attached hydrogen (secondary N) is 2. The van der Waals surface area contributed by atoms with Crippen molar-refractivity contribution in [3.05, 3.63) is 47.7 Å². The zero-order valence-electron chi connectivity index (χ0n) is 14.1. The van der Waals surface area contributed by atoms with Gasteiger partial charge in [-0.2, -0.15) is 0 Å². The highest BCUT2D eigenvalue weighted by Crippen LogP contribution is 2.24. The first-order valence-electron chi connectivity index (χ1n) is 8.01. The largest absolute Gasteiger partial charge is 0.359 e. The lowest BCUT2D eigenvalue weighted by Crippen LogP contribution is -2.29. The number of carbonyl (C=O) groups excluding carboxylic acids is 1. The lowest BCUT2D eigenvalue weighted by atomic mass is 9.93. The Balaban J connectivity index is 1.64. The lowest BCUT2D eigenvalue weighted by Gasteiger charge is -2.12. The summed E-state index contributed by atoms with van der Waals surface area (Å²) in [6.07, 6.45) is 3.01. The van der Waals surface area contributed by atoms with E-state index in [0.29, 0.717) is 12.4 Å². The Bertz CT molecular complexity index is 615. The molecular weight excluding hydrogens is 290 g/mol. The fraction of sp³-hybridized carbons (Fsp3) is 0.444. The standard InChI is InChI=1S/C18H25N3O2/c1-18(2,3)15-13-16(21-23-15)20-17(22)19-12-8-7-11-14-9-5-4-6-10-14/h4-6,9-10,13H,7-8,11-12H2,1-3H3,(H2,19,20,21,22). The molecule has 0 atom stereocenters. The van der Waals surface area contributed by atoms with Crippen molar-refractivity contribution < 1.29 is 9.32 Å². The average Bonchev–Trinajstić information content (AvgIpc) is 2.96. The number of aromatic nitrogens is 1. The van der Waals surface area contributed by atoms with E-state index in [0.717, 1.165) is 25.0 Å². The summed E-state index contributed by atoms with van der Waals surface area (Å²) >= 11 is 0. The molecule has 2 amide bonds. The van der Waals surface area contributed by atoms with Crippen molar-refractivity contribution in [2.24, 2.45) is 0 Å². The molecule has 0 saturated carbocycles. The second-order valence-corrected chi connectivity index (χ2v) is 6.65. The summed E-state index contributed by atoms with van der Waals surface area (Å²) in [5, 5.41) is 9.38. The fourth-order valence-electron chi connectivity index (χ4n) is 2.15. The maximum absolute atomic E-state index is 11.8. The summed E-state index contributed by atoms with van der Waals surface area (Å²) in [6, 6.07) is 11.9. The summed E-state index contributed by atoms with van der Waals surface area (Å²) in [5.41, 5.74) is 1.20. The molecule has 5 heteroatoms. The molecule has 0 bridgehead atoms. The molecule has 2 N–H and O–H groups in total. The van der Waals surface area contributed by atoms with Crippen molar-refractivity contribution >= 4 is 11.8 Å². The number of rotatable bonds is 6. The minimum Gasteiger partial charge on any atom is -0.359 e. The number of carbonyl (C=O) groups is 1. The molecule has 0 spiro atoms. The third-order valence-electron chi connectivity index (χ3n) is 3.51. The molecule has 0 aliphatic rings. The van der Waals surface area contributed by atoms with Crippen molar-refractivity contribution in [2.75, 3.05) is 11.9 Å². The third kappa shape index (κ3) is 5.77. The van der Waals surface area contributed by atoms with E-state index in [2.05, 4.69) is 27.9 Å². The Kier molecular flexibility index (Phi) is 5.79. The highest BCUT2D eigenvalue weighted by Gasteiger charge is 2.20. The summed E-state index contributed by atoms with van der Waals surface area (Å²) in [7, 11) is 0. The van der Waals surface area contributed by atoms with Crippen molar-refractivity contribution in [2.45, 2.75) is 45.4 Å². The van der Waals surface area contributed by atoms with Gasteiger partial charge in [0.1, 0.15) is 5.76 Å². The summed E-state index contributed by atoms with van der Waals surface area (Å²) in [5.74, 6) is 1.19. The third-order valence-corrected chi connectivity index (χ3v) is 3.51. The molecule has 1 aromatic carbocycles. The van der Waals surface area contributed by atoms with Gasteiger partial charge in [0.05, 0.1) is 0 Å². The highest BCUT2D eigenvalue weighted by molar-refractivity contribution is 5.88. The van der Waals surface area contributed by atoms with Gasteiger partial charge < -0.3 is 9.84 Å². The van der Waals surface area contributed by atoms with Crippen LogP contribution in [0.25, 0.3) is 0 Å². The van der Waals surface area contributed by atoms with E-state index in [4.69, 9.17) is 4.52 Å². The number of anilines is 1. The first-order chi connectivity index (χ1) is 10.9. The van der Waals surface area contributed by atoms with Gasteiger partial charge in [0.25, 0.3) is 0 Å².